The minimum Gasteiger partial charge on any atom is -0.492 e. The van der Waals surface area contributed by atoms with Gasteiger partial charge in [0.15, 0.2) is 0 Å². The van der Waals surface area contributed by atoms with Gasteiger partial charge in [-0.25, -0.2) is 0 Å². The van der Waals surface area contributed by atoms with Crippen LogP contribution in [0.2, 0.25) is 0 Å². The normalized spacial score (nSPS) is 34.7. The minimum absolute atomic E-state index is 0.0427. The predicted molar refractivity (Wildman–Crippen MR) is 120 cm³/mol. The van der Waals surface area contributed by atoms with Crippen molar-refractivity contribution in [3.63, 3.8) is 0 Å². The zero-order valence-corrected chi connectivity index (χ0v) is 18.8. The quantitative estimate of drug-likeness (QED) is 0.787. The zero-order chi connectivity index (χ0) is 21.2. The molecule has 3 fully saturated rings. The van der Waals surface area contributed by atoms with Crippen molar-refractivity contribution in [1.29, 1.82) is 0 Å². The number of piperidine rings is 1. The molecular formula is C25H37N3O3. The number of carbonyl (C=O) groups is 1. The van der Waals surface area contributed by atoms with E-state index in [1.165, 1.54) is 5.56 Å². The number of nitrogens with one attached hydrogen (secondary N) is 1. The van der Waals surface area contributed by atoms with Gasteiger partial charge in [0, 0.05) is 19.1 Å². The predicted octanol–water partition coefficient (Wildman–Crippen LogP) is 2.78. The van der Waals surface area contributed by atoms with Crippen LogP contribution in [0.15, 0.2) is 24.3 Å². The summed E-state index contributed by atoms with van der Waals surface area (Å²) in [5.74, 6) is 1.82. The van der Waals surface area contributed by atoms with Gasteiger partial charge < -0.3 is 14.8 Å². The molecule has 1 aromatic rings. The van der Waals surface area contributed by atoms with Gasteiger partial charge in [-0.15, -0.1) is 0 Å². The van der Waals surface area contributed by atoms with E-state index in [2.05, 4.69) is 39.4 Å². The van der Waals surface area contributed by atoms with Gasteiger partial charge in [-0.05, 0) is 76.1 Å². The fourth-order valence-electron chi connectivity index (χ4n) is 5.92. The standard InChI is InChI=1S/C25H37N3O3/c1-27-14-12-22(27)25(29)26-21-6-4-13-28-15-16-30-24-7-3-2-5-20(24)18-8-10-19(11-9-18)31-17-23(21)28/h2-3,5,7,18-19,21-23H,4,6,8-17H2,1H3,(H,26,29)/t18?,19?,21-,22+,23-/m0/s1. The van der Waals surface area contributed by atoms with Gasteiger partial charge in [0.1, 0.15) is 12.4 Å². The molecule has 5 aliphatic rings. The fourth-order valence-corrected chi connectivity index (χ4v) is 5.92. The molecule has 3 atom stereocenters. The van der Waals surface area contributed by atoms with Crippen LogP contribution in [0.1, 0.15) is 56.4 Å². The number of likely N-dealkylation sites (N-methyl/N-ethyl adjacent to an activating group) is 1. The third kappa shape index (κ3) is 4.62. The molecule has 4 aliphatic heterocycles. The number of rotatable bonds is 2. The van der Waals surface area contributed by atoms with Crippen molar-refractivity contribution in [3.8, 4) is 5.75 Å². The molecule has 1 amide bonds. The van der Waals surface area contributed by atoms with Crippen molar-refractivity contribution in [2.75, 3.05) is 39.9 Å². The molecule has 2 saturated heterocycles. The summed E-state index contributed by atoms with van der Waals surface area (Å²) in [5.41, 5.74) is 1.37. The Bertz CT molecular complexity index is 764. The summed E-state index contributed by atoms with van der Waals surface area (Å²) in [4.78, 5) is 17.5. The molecule has 1 aliphatic carbocycles. The maximum Gasteiger partial charge on any atom is 0.237 e. The van der Waals surface area contributed by atoms with Gasteiger partial charge in [-0.2, -0.15) is 0 Å². The van der Waals surface area contributed by atoms with Gasteiger partial charge in [0.25, 0.3) is 0 Å². The van der Waals surface area contributed by atoms with Gasteiger partial charge in [-0.1, -0.05) is 18.2 Å². The highest BCUT2D eigenvalue weighted by molar-refractivity contribution is 5.83. The number of nitrogens with zero attached hydrogens (tertiary/aromatic N) is 2. The van der Waals surface area contributed by atoms with Crippen LogP contribution in [0.5, 0.6) is 5.75 Å². The molecule has 6 rings (SSSR count). The molecule has 4 heterocycles. The lowest BCUT2D eigenvalue weighted by atomic mass is 9.82. The lowest BCUT2D eigenvalue weighted by Gasteiger charge is -2.44. The van der Waals surface area contributed by atoms with Crippen LogP contribution in [-0.2, 0) is 9.53 Å². The highest BCUT2D eigenvalue weighted by Crippen LogP contribution is 2.38. The lowest BCUT2D eigenvalue weighted by Crippen LogP contribution is -2.62. The number of ether oxygens (including phenoxy) is 2. The molecule has 1 saturated carbocycles. The van der Waals surface area contributed by atoms with Gasteiger partial charge in [0.05, 0.1) is 24.8 Å². The molecule has 6 nitrogen and oxygen atoms in total. The highest BCUT2D eigenvalue weighted by Gasteiger charge is 2.37. The van der Waals surface area contributed by atoms with E-state index >= 15 is 0 Å². The molecule has 31 heavy (non-hydrogen) atoms. The largest absolute Gasteiger partial charge is 0.492 e. The van der Waals surface area contributed by atoms with Crippen molar-refractivity contribution in [3.05, 3.63) is 29.8 Å². The maximum absolute atomic E-state index is 12.8. The Labute approximate surface area is 186 Å². The average Bonchev–Trinajstić information content (AvgIpc) is 2.80. The van der Waals surface area contributed by atoms with Crippen molar-refractivity contribution in [2.45, 2.75) is 75.1 Å². The maximum atomic E-state index is 12.8. The number of fused-ring (bicyclic) bond motifs is 5. The van der Waals surface area contributed by atoms with Crippen molar-refractivity contribution in [2.24, 2.45) is 0 Å². The second-order valence-electron chi connectivity index (χ2n) is 9.84. The Balaban J connectivity index is 1.32. The van der Waals surface area contributed by atoms with Crippen LogP contribution >= 0.6 is 0 Å². The summed E-state index contributed by atoms with van der Waals surface area (Å²) >= 11 is 0. The van der Waals surface area contributed by atoms with E-state index in [9.17, 15) is 4.79 Å². The number of amides is 1. The van der Waals surface area contributed by atoms with Crippen LogP contribution in [0.3, 0.4) is 0 Å². The number of carbonyl (C=O) groups excluding carboxylic acids is 1. The summed E-state index contributed by atoms with van der Waals surface area (Å²) < 4.78 is 12.8. The third-order valence-electron chi connectivity index (χ3n) is 7.98. The molecule has 0 unspecified atom stereocenters. The molecule has 170 valence electrons. The van der Waals surface area contributed by atoms with E-state index in [4.69, 9.17) is 9.47 Å². The van der Waals surface area contributed by atoms with E-state index in [0.29, 0.717) is 25.2 Å². The van der Waals surface area contributed by atoms with Crippen molar-refractivity contribution in [1.82, 2.24) is 15.1 Å². The van der Waals surface area contributed by atoms with Crippen LogP contribution in [-0.4, -0.2) is 79.8 Å². The topological polar surface area (TPSA) is 54.0 Å². The Morgan fingerprint density at radius 2 is 1.87 bits per heavy atom. The molecule has 1 aromatic carbocycles. The van der Waals surface area contributed by atoms with Crippen LogP contribution < -0.4 is 10.1 Å². The van der Waals surface area contributed by atoms with Gasteiger partial charge in [-0.3, -0.25) is 14.6 Å². The first-order valence-corrected chi connectivity index (χ1v) is 12.3. The summed E-state index contributed by atoms with van der Waals surface area (Å²) in [5, 5.41) is 3.39. The summed E-state index contributed by atoms with van der Waals surface area (Å²) in [6, 6.07) is 9.01. The molecular weight excluding hydrogens is 390 g/mol. The van der Waals surface area contributed by atoms with Crippen LogP contribution in [0.25, 0.3) is 0 Å². The molecule has 1 N–H and O–H groups in total. The van der Waals surface area contributed by atoms with E-state index in [1.54, 1.807) is 0 Å². The van der Waals surface area contributed by atoms with E-state index in [0.717, 1.165) is 70.3 Å². The summed E-state index contributed by atoms with van der Waals surface area (Å²) in [6.45, 7) is 4.31. The highest BCUT2D eigenvalue weighted by atomic mass is 16.5. The first-order chi connectivity index (χ1) is 15.2. The number of hydrogen-bond acceptors (Lipinski definition) is 5. The smallest absolute Gasteiger partial charge is 0.237 e. The Morgan fingerprint density at radius 3 is 2.65 bits per heavy atom. The summed E-state index contributed by atoms with van der Waals surface area (Å²) in [7, 11) is 2.04. The minimum atomic E-state index is 0.0427. The van der Waals surface area contributed by atoms with E-state index in [1.807, 2.05) is 7.05 Å². The van der Waals surface area contributed by atoms with E-state index in [-0.39, 0.29) is 24.0 Å². The number of hydrogen-bond donors (Lipinski definition) is 1. The first-order valence-electron chi connectivity index (χ1n) is 12.3. The number of benzene rings is 1. The third-order valence-corrected chi connectivity index (χ3v) is 7.98. The second kappa shape index (κ2) is 9.47. The number of likely N-dealkylation sites (tertiary alicyclic amines) is 1. The van der Waals surface area contributed by atoms with Crippen molar-refractivity contribution >= 4 is 5.91 Å². The molecule has 0 radical (unpaired) electrons. The van der Waals surface area contributed by atoms with E-state index < -0.39 is 0 Å². The molecule has 0 spiro atoms. The zero-order valence-electron chi connectivity index (χ0n) is 18.8. The van der Waals surface area contributed by atoms with Crippen LogP contribution in [0.4, 0.5) is 0 Å². The molecule has 6 heteroatoms. The second-order valence-corrected chi connectivity index (χ2v) is 9.84. The van der Waals surface area contributed by atoms with Gasteiger partial charge in [0.2, 0.25) is 5.91 Å². The first kappa shape index (κ1) is 21.2. The Hall–Kier alpha value is -1.63. The van der Waals surface area contributed by atoms with Crippen molar-refractivity contribution < 1.29 is 14.3 Å². The molecule has 0 aromatic heterocycles. The SMILES string of the molecule is CN1CC[C@@H]1C(=O)N[C@H]1CCCN2CCOc3ccccc3C3CCC(CC3)OC[C@@H]12. The van der Waals surface area contributed by atoms with Crippen LogP contribution in [0, 0.1) is 0 Å². The average molecular weight is 428 g/mol. The number of para-hydroxylation sites is 1. The lowest BCUT2D eigenvalue weighted by molar-refractivity contribution is -0.132. The summed E-state index contributed by atoms with van der Waals surface area (Å²) in [6.07, 6.45) is 7.97. The molecule has 2 bridgehead atoms. The van der Waals surface area contributed by atoms with Gasteiger partial charge >= 0.3 is 0 Å². The Kier molecular flexibility index (Phi) is 6.49. The Morgan fingerprint density at radius 1 is 1.03 bits per heavy atom. The monoisotopic (exact) mass is 427 g/mol. The fraction of sp³-hybridized carbons (Fsp3) is 0.720.